The zero-order chi connectivity index (χ0) is 86.6. The van der Waals surface area contributed by atoms with Gasteiger partial charge in [0.1, 0.15) is 59.4 Å². The summed E-state index contributed by atoms with van der Waals surface area (Å²) in [6, 6.07) is 8.02. The van der Waals surface area contributed by atoms with Gasteiger partial charge in [-0.1, -0.05) is 0 Å². The molecule has 6 atom stereocenters. The van der Waals surface area contributed by atoms with Gasteiger partial charge in [0.25, 0.3) is 0 Å². The smallest absolute Gasteiger partial charge is 0.368 e. The number of anilines is 9. The van der Waals surface area contributed by atoms with Crippen LogP contribution >= 0.6 is 0 Å². The quantitative estimate of drug-likeness (QED) is 0.0169. The average Bonchev–Trinajstić information content (AvgIpc) is 1.53. The molecule has 36 nitrogen and oxygen atoms in total. The minimum atomic E-state index is -1.29. The van der Waals surface area contributed by atoms with E-state index in [1.807, 2.05) is 0 Å². The Bertz CT molecular complexity index is 5420. The molecule has 10 N–H and O–H groups in total. The van der Waals surface area contributed by atoms with Gasteiger partial charge in [-0.25, -0.2) is 50.9 Å². The van der Waals surface area contributed by atoms with Crippen LogP contribution in [0, 0.1) is 34.9 Å². The molecule has 9 aromatic rings. The predicted molar refractivity (Wildman–Crippen MR) is 431 cm³/mol. The number of aryl methyl sites for hydroxylation is 3. The Morgan fingerprint density at radius 1 is 0.467 bits per heavy atom. The van der Waals surface area contributed by atoms with Gasteiger partial charge in [0, 0.05) is 92.2 Å². The number of piperidine rings is 3. The number of aromatic nitrogens is 18. The zero-order valence-corrected chi connectivity index (χ0v) is 69.9. The number of aliphatic hydroxyl groups is 3. The van der Waals surface area contributed by atoms with Crippen LogP contribution in [0.5, 0.6) is 17.2 Å². The lowest BCUT2D eigenvalue weighted by Crippen LogP contribution is -2.57. The molecule has 0 unspecified atom stereocenters. The molecule has 12 heterocycles. The second kappa shape index (κ2) is 33.9. The normalized spacial score (nSPS) is 20.8. The molecule has 6 fully saturated rings. The van der Waals surface area contributed by atoms with Crippen molar-refractivity contribution in [1.82, 2.24) is 99.0 Å². The van der Waals surface area contributed by atoms with E-state index in [0.717, 1.165) is 162 Å². The number of hydrogen-bond donors (Lipinski definition) is 10. The highest BCUT2D eigenvalue weighted by atomic mass is 19.1. The molecular weight excluding hydrogens is 1570 g/mol. The van der Waals surface area contributed by atoms with E-state index >= 15 is 13.2 Å². The Labute approximate surface area is 687 Å². The maximum atomic E-state index is 15.7. The summed E-state index contributed by atoms with van der Waals surface area (Å²) in [7, 11) is 4.23. The van der Waals surface area contributed by atoms with E-state index in [4.69, 9.17) is 9.47 Å². The van der Waals surface area contributed by atoms with Crippen LogP contribution in [-0.4, -0.2) is 222 Å². The van der Waals surface area contributed by atoms with Gasteiger partial charge in [0.2, 0.25) is 23.5 Å². The zero-order valence-electron chi connectivity index (χ0n) is 69.9. The molecule has 0 radical (unpaired) electrons. The fraction of sp³-hybridized carbons (Fsp3) is 0.577. The second-order valence-corrected chi connectivity index (χ2v) is 35.6. The number of halogens is 6. The van der Waals surface area contributed by atoms with Crippen LogP contribution in [-0.2, 0) is 27.7 Å². The SMILES string of the molecule is Cn1nnn(-c2cc(Nc3ncc(F)c(N[C@@H]4C[C@@H]5CCCN5C(C)(C)C4)[n+]3CC(C)(C)O)c(F)cc2OCC(C)(C)O)c1=O.Cn1nnn(-c2cc(Nc3ncc(F)c(N[C@@H]4C[C@@H]5CCCN5C(C)(C)C4)n3)c(F)cc2O)c1=O.Cn1nnn(-c2cc(Nc3ncc(F)c(N[C@@H]4C[C@@H]5CCCN5C(C)(C)C4)n3)c(F)cc2OCC(C)(C)O)c1=O. The van der Waals surface area contributed by atoms with Crippen LogP contribution in [0.3, 0.4) is 0 Å². The van der Waals surface area contributed by atoms with Crippen molar-refractivity contribution in [2.45, 2.75) is 236 Å². The van der Waals surface area contributed by atoms with Crippen molar-refractivity contribution < 1.29 is 60.8 Å². The van der Waals surface area contributed by atoms with Crippen LogP contribution < -0.4 is 63.0 Å². The maximum Gasteiger partial charge on any atom is 0.368 e. The first-order valence-electron chi connectivity index (χ1n) is 40.0. The largest absolute Gasteiger partial charge is 0.506 e. The highest BCUT2D eigenvalue weighted by Gasteiger charge is 2.47. The highest BCUT2D eigenvalue weighted by Crippen LogP contribution is 2.43. The van der Waals surface area contributed by atoms with Gasteiger partial charge >= 0.3 is 23.0 Å². The fourth-order valence-electron chi connectivity index (χ4n) is 17.2. The molecule has 42 heteroatoms. The number of aromatic hydroxyl groups is 1. The molecule has 6 saturated heterocycles. The van der Waals surface area contributed by atoms with Gasteiger partial charge in [0.05, 0.1) is 53.2 Å². The Balaban J connectivity index is 0.000000157. The molecule has 6 aromatic heterocycles. The molecule has 648 valence electrons. The van der Waals surface area contributed by atoms with Crippen LogP contribution in [0.4, 0.5) is 78.7 Å². The molecular formula is C78H106F6N27O9+. The van der Waals surface area contributed by atoms with E-state index in [1.54, 1.807) is 13.8 Å². The monoisotopic (exact) mass is 1680 g/mol. The van der Waals surface area contributed by atoms with Crippen molar-refractivity contribution >= 4 is 52.4 Å². The molecule has 0 spiro atoms. The van der Waals surface area contributed by atoms with Gasteiger partial charge < -0.3 is 56.5 Å². The number of nitrogens with one attached hydrogen (secondary N) is 6. The van der Waals surface area contributed by atoms with Crippen LogP contribution in [0.15, 0.2) is 69.4 Å². The topological polar surface area (TPSA) is 408 Å². The third-order valence-electron chi connectivity index (χ3n) is 22.4. The van der Waals surface area contributed by atoms with Gasteiger partial charge in [-0.05, 0) is 223 Å². The number of phenols is 1. The van der Waals surface area contributed by atoms with Crippen molar-refractivity contribution in [1.29, 1.82) is 0 Å². The Morgan fingerprint density at radius 2 is 0.825 bits per heavy atom. The van der Waals surface area contributed by atoms with Crippen LogP contribution in [0.1, 0.15) is 160 Å². The summed E-state index contributed by atoms with van der Waals surface area (Å²) in [5.41, 5.74) is -5.97. The summed E-state index contributed by atoms with van der Waals surface area (Å²) < 4.78 is 109. The van der Waals surface area contributed by atoms with Gasteiger partial charge in [0.15, 0.2) is 40.7 Å². The third kappa shape index (κ3) is 19.7. The van der Waals surface area contributed by atoms with E-state index < -0.39 is 74.5 Å². The molecule has 6 aliphatic heterocycles. The summed E-state index contributed by atoms with van der Waals surface area (Å²) in [4.78, 5) is 65.8. The number of tetrazole rings is 3. The number of benzene rings is 3. The first-order chi connectivity index (χ1) is 56.3. The van der Waals surface area contributed by atoms with E-state index in [2.05, 4.69) is 144 Å². The van der Waals surface area contributed by atoms with E-state index in [1.165, 1.54) is 71.6 Å². The van der Waals surface area contributed by atoms with Gasteiger partial charge in [-0.2, -0.15) is 42.4 Å². The number of fused-ring (bicyclic) bond motifs is 3. The van der Waals surface area contributed by atoms with Crippen LogP contribution in [0.2, 0.25) is 0 Å². The van der Waals surface area contributed by atoms with Crippen molar-refractivity contribution in [2.24, 2.45) is 21.1 Å². The van der Waals surface area contributed by atoms with Crippen molar-refractivity contribution in [2.75, 3.05) is 64.7 Å². The average molecular weight is 1680 g/mol. The fourth-order valence-corrected chi connectivity index (χ4v) is 17.2. The number of phenolic OH excluding ortho intramolecular Hbond substituents is 1. The Kier molecular flexibility index (Phi) is 24.6. The maximum absolute atomic E-state index is 15.7. The minimum absolute atomic E-state index is 0.00828. The van der Waals surface area contributed by atoms with Gasteiger partial charge in [-0.15, -0.1) is 4.98 Å². The predicted octanol–water partition coefficient (Wildman–Crippen LogP) is 7.45. The summed E-state index contributed by atoms with van der Waals surface area (Å²) in [6.45, 7) is 25.3. The summed E-state index contributed by atoms with van der Waals surface area (Å²) in [5.74, 6) is -4.61. The van der Waals surface area contributed by atoms with E-state index in [-0.39, 0.29) is 135 Å². The molecule has 0 bridgehead atoms. The molecule has 3 aromatic carbocycles. The third-order valence-corrected chi connectivity index (χ3v) is 22.4. The number of ether oxygens (including phenoxy) is 2. The lowest BCUT2D eigenvalue weighted by Gasteiger charge is -2.47. The number of hydrogen-bond acceptors (Lipinski definition) is 29. The van der Waals surface area contributed by atoms with Crippen molar-refractivity contribution in [3.05, 3.63) is 121 Å². The lowest BCUT2D eigenvalue weighted by atomic mass is 9.84. The summed E-state index contributed by atoms with van der Waals surface area (Å²) >= 11 is 0. The number of rotatable bonds is 23. The van der Waals surface area contributed by atoms with E-state index in [0.29, 0.717) is 18.1 Å². The highest BCUT2D eigenvalue weighted by molar-refractivity contribution is 5.66. The lowest BCUT2D eigenvalue weighted by molar-refractivity contribution is -0.685. The molecule has 0 saturated carbocycles. The first-order valence-corrected chi connectivity index (χ1v) is 40.0. The van der Waals surface area contributed by atoms with Gasteiger partial charge in [-0.3, -0.25) is 20.0 Å². The van der Waals surface area contributed by atoms with E-state index in [9.17, 15) is 48.0 Å². The summed E-state index contributed by atoms with van der Waals surface area (Å²) in [6.07, 6.45) is 14.9. The number of nitrogens with zero attached hydrogens (tertiary/aromatic N) is 21. The Hall–Kier alpha value is -11.0. The Morgan fingerprint density at radius 3 is 1.20 bits per heavy atom. The first kappa shape index (κ1) is 86.9. The molecule has 120 heavy (non-hydrogen) atoms. The molecule has 6 aliphatic rings. The standard InChI is InChI=1S/C30H43F2N9O4.C26H35F2N9O3.C22H27F2N9O2/c1-28(2)14-18(11-19-9-8-10-40(19)28)34-25-21(32)15-33-26(39(25)16-29(3,4)43)35-22-13-23(41-27(42)38(7)36-37-41)24(12-20(22)31)45-17-30(5,6)44;1-25(2)12-15(9-16-7-6-8-36(16)25)30-22-18(28)13-29-23(32-22)31-19-11-20(37-24(38)35(5)33-34-37)21(10-17(19)27)40-14-26(3,4)39;1-22(2)10-12(7-13-5-4-6-32(13)22)26-19-15(24)11-25-20(28-19)27-16-9-17(18(34)8-14(16)23)33-21(35)31(3)29-30-33/h12-13,15,18-19,43-44H,8-11,14,16-17H2,1-7H3,(H,33,34,35);10-11,13,15-16,39H,6-9,12,14H2,1-5H3,(H2,29,30,31,32);8-9,11-13,34H,4-7,10H2,1-3H3,(H2,25,26,27,28)/p+1/t18-,19+;15-,16+;12-,13+/m111/s1. The summed E-state index contributed by atoms with van der Waals surface area (Å²) in [5, 5.41) is 81.9. The molecule has 0 amide bonds. The van der Waals surface area contributed by atoms with Crippen molar-refractivity contribution in [3.8, 4) is 34.3 Å². The van der Waals surface area contributed by atoms with Crippen molar-refractivity contribution in [3.63, 3.8) is 0 Å². The second-order valence-electron chi connectivity index (χ2n) is 35.6. The van der Waals surface area contributed by atoms with Crippen LogP contribution in [0.25, 0.3) is 17.1 Å². The molecule has 0 aliphatic carbocycles. The molecule has 15 rings (SSSR count). The minimum Gasteiger partial charge on any atom is -0.506 e.